The van der Waals surface area contributed by atoms with Gasteiger partial charge in [-0.3, -0.25) is 0 Å². The molecule has 5 heteroatoms. The smallest absolute Gasteiger partial charge is 0.123 e. The molecule has 25 heavy (non-hydrogen) atoms. The number of piperidine rings is 1. The number of hydrogen-bond acceptors (Lipinski definition) is 4. The highest BCUT2D eigenvalue weighted by molar-refractivity contribution is 5.53. The highest BCUT2D eigenvalue weighted by atomic mass is 19.1. The van der Waals surface area contributed by atoms with Crippen LogP contribution in [0.25, 0.3) is 0 Å². The van der Waals surface area contributed by atoms with E-state index in [9.17, 15) is 4.39 Å². The Hall–Kier alpha value is -1.17. The van der Waals surface area contributed by atoms with Crippen molar-refractivity contribution in [3.8, 4) is 0 Å². The molecule has 1 saturated carbocycles. The Morgan fingerprint density at radius 1 is 1.28 bits per heavy atom. The fourth-order valence-corrected chi connectivity index (χ4v) is 5.00. The molecule has 4 atom stereocenters. The third-order valence-corrected chi connectivity index (χ3v) is 6.31. The molecule has 0 amide bonds. The van der Waals surface area contributed by atoms with Crippen LogP contribution in [0, 0.1) is 24.6 Å². The quantitative estimate of drug-likeness (QED) is 0.887. The van der Waals surface area contributed by atoms with Gasteiger partial charge in [-0.25, -0.2) is 4.39 Å². The lowest BCUT2D eigenvalue weighted by molar-refractivity contribution is -0.0873. The molecular formula is C20H29FN2O2. The van der Waals surface area contributed by atoms with E-state index in [4.69, 9.17) is 9.47 Å². The number of rotatable bonds is 5. The minimum atomic E-state index is -0.152. The van der Waals surface area contributed by atoms with Crippen LogP contribution in [-0.4, -0.2) is 51.6 Å². The van der Waals surface area contributed by atoms with Crippen LogP contribution in [0.4, 0.5) is 10.1 Å². The largest absolute Gasteiger partial charge is 0.384 e. The van der Waals surface area contributed by atoms with E-state index in [-0.39, 0.29) is 5.82 Å². The van der Waals surface area contributed by atoms with Gasteiger partial charge in [0.1, 0.15) is 5.82 Å². The van der Waals surface area contributed by atoms with Gasteiger partial charge >= 0.3 is 0 Å². The van der Waals surface area contributed by atoms with Gasteiger partial charge in [-0.2, -0.15) is 0 Å². The standard InChI is InChI=1S/C20H29FN2O2/c1-13-11-14(21)3-4-18(13)23-8-5-15(6-9-23)22-19-16-7-10-25-20(16)17(19)12-24-2/h3-4,11,15-17,19-20,22H,5-10,12H2,1-2H3/t16-,17+,19+,20-/m1/s1. The summed E-state index contributed by atoms with van der Waals surface area (Å²) >= 11 is 0. The lowest BCUT2D eigenvalue weighted by atomic mass is 9.66. The molecule has 1 aliphatic carbocycles. The molecule has 1 N–H and O–H groups in total. The molecule has 1 aromatic rings. The summed E-state index contributed by atoms with van der Waals surface area (Å²) in [6, 6.07) is 6.21. The zero-order valence-electron chi connectivity index (χ0n) is 15.2. The second-order valence-electron chi connectivity index (χ2n) is 7.79. The van der Waals surface area contributed by atoms with E-state index < -0.39 is 0 Å². The van der Waals surface area contributed by atoms with Crippen LogP contribution in [0.1, 0.15) is 24.8 Å². The van der Waals surface area contributed by atoms with Crippen molar-refractivity contribution in [1.82, 2.24) is 5.32 Å². The van der Waals surface area contributed by atoms with Crippen molar-refractivity contribution >= 4 is 5.69 Å². The Morgan fingerprint density at radius 2 is 2.08 bits per heavy atom. The Kier molecular flexibility index (Phi) is 4.98. The van der Waals surface area contributed by atoms with Gasteiger partial charge in [0, 0.05) is 56.4 Å². The number of nitrogens with one attached hydrogen (secondary N) is 1. The van der Waals surface area contributed by atoms with Gasteiger partial charge in [-0.1, -0.05) is 0 Å². The van der Waals surface area contributed by atoms with Crippen LogP contribution in [0.3, 0.4) is 0 Å². The van der Waals surface area contributed by atoms with Crippen molar-refractivity contribution in [2.24, 2.45) is 11.8 Å². The minimum Gasteiger partial charge on any atom is -0.384 e. The number of aryl methyl sites for hydroxylation is 1. The van der Waals surface area contributed by atoms with Crippen molar-refractivity contribution in [2.45, 2.75) is 44.4 Å². The van der Waals surface area contributed by atoms with Gasteiger partial charge in [-0.05, 0) is 49.9 Å². The zero-order chi connectivity index (χ0) is 17.4. The van der Waals surface area contributed by atoms with E-state index in [1.165, 1.54) is 12.1 Å². The maximum atomic E-state index is 13.3. The molecule has 2 heterocycles. The summed E-state index contributed by atoms with van der Waals surface area (Å²) in [7, 11) is 1.78. The van der Waals surface area contributed by atoms with E-state index in [1.807, 2.05) is 13.0 Å². The molecule has 138 valence electrons. The Labute approximate surface area is 149 Å². The first-order valence-electron chi connectivity index (χ1n) is 9.55. The van der Waals surface area contributed by atoms with Crippen molar-refractivity contribution in [2.75, 3.05) is 38.3 Å². The minimum absolute atomic E-state index is 0.152. The third kappa shape index (κ3) is 3.29. The summed E-state index contributed by atoms with van der Waals surface area (Å²) in [5, 5.41) is 3.91. The molecule has 0 radical (unpaired) electrons. The van der Waals surface area contributed by atoms with Crippen molar-refractivity contribution in [3.05, 3.63) is 29.6 Å². The number of halogens is 1. The van der Waals surface area contributed by atoms with Crippen molar-refractivity contribution < 1.29 is 13.9 Å². The summed E-state index contributed by atoms with van der Waals surface area (Å²) in [5.74, 6) is 1.01. The van der Waals surface area contributed by atoms with Crippen LogP contribution in [0.15, 0.2) is 18.2 Å². The molecule has 3 fully saturated rings. The van der Waals surface area contributed by atoms with Gasteiger partial charge in [-0.15, -0.1) is 0 Å². The van der Waals surface area contributed by atoms with Crippen LogP contribution in [0.2, 0.25) is 0 Å². The number of methoxy groups -OCH3 is 1. The second kappa shape index (κ2) is 7.22. The lowest BCUT2D eigenvalue weighted by Gasteiger charge is -2.50. The average molecular weight is 348 g/mol. The van der Waals surface area contributed by atoms with Crippen LogP contribution in [0.5, 0.6) is 0 Å². The molecule has 3 aliphatic rings. The van der Waals surface area contributed by atoms with E-state index in [1.54, 1.807) is 19.2 Å². The number of benzene rings is 1. The fourth-order valence-electron chi connectivity index (χ4n) is 5.00. The number of nitrogens with zero attached hydrogens (tertiary/aromatic N) is 1. The molecular weight excluding hydrogens is 319 g/mol. The van der Waals surface area contributed by atoms with Crippen LogP contribution in [-0.2, 0) is 9.47 Å². The molecule has 0 unspecified atom stereocenters. The number of ether oxygens (including phenoxy) is 2. The van der Waals surface area contributed by atoms with Gasteiger partial charge in [0.15, 0.2) is 0 Å². The normalized spacial score (nSPS) is 32.5. The van der Waals surface area contributed by atoms with Gasteiger partial charge in [0.25, 0.3) is 0 Å². The number of anilines is 1. The van der Waals surface area contributed by atoms with E-state index in [2.05, 4.69) is 10.2 Å². The first-order valence-corrected chi connectivity index (χ1v) is 9.55. The molecule has 0 bridgehead atoms. The zero-order valence-corrected chi connectivity index (χ0v) is 15.2. The first-order chi connectivity index (χ1) is 12.2. The summed E-state index contributed by atoms with van der Waals surface area (Å²) < 4.78 is 24.6. The highest BCUT2D eigenvalue weighted by Crippen LogP contribution is 2.44. The van der Waals surface area contributed by atoms with E-state index in [0.717, 1.165) is 44.7 Å². The predicted octanol–water partition coefficient (Wildman–Crippen LogP) is 2.74. The highest BCUT2D eigenvalue weighted by Gasteiger charge is 2.54. The third-order valence-electron chi connectivity index (χ3n) is 6.31. The number of hydrogen-bond donors (Lipinski definition) is 1. The maximum Gasteiger partial charge on any atom is 0.123 e. The van der Waals surface area contributed by atoms with Gasteiger partial charge in [0.05, 0.1) is 12.7 Å². The first kappa shape index (κ1) is 17.3. The average Bonchev–Trinajstić information content (AvgIpc) is 3.03. The summed E-state index contributed by atoms with van der Waals surface area (Å²) in [5.41, 5.74) is 2.20. The summed E-state index contributed by atoms with van der Waals surface area (Å²) in [6.45, 7) is 5.72. The molecule has 2 saturated heterocycles. The number of fused-ring (bicyclic) bond motifs is 1. The van der Waals surface area contributed by atoms with Crippen molar-refractivity contribution in [3.63, 3.8) is 0 Å². The molecule has 0 spiro atoms. The summed E-state index contributed by atoms with van der Waals surface area (Å²) in [4.78, 5) is 2.39. The predicted molar refractivity (Wildman–Crippen MR) is 96.5 cm³/mol. The molecule has 1 aromatic carbocycles. The van der Waals surface area contributed by atoms with E-state index in [0.29, 0.717) is 30.0 Å². The topological polar surface area (TPSA) is 33.7 Å². The van der Waals surface area contributed by atoms with Gasteiger partial charge < -0.3 is 19.7 Å². The van der Waals surface area contributed by atoms with Gasteiger partial charge in [0.2, 0.25) is 0 Å². The lowest BCUT2D eigenvalue weighted by Crippen LogP contribution is -2.64. The Balaban J connectivity index is 1.33. The Morgan fingerprint density at radius 3 is 2.80 bits per heavy atom. The molecule has 4 rings (SSSR count). The fraction of sp³-hybridized carbons (Fsp3) is 0.700. The van der Waals surface area contributed by atoms with Crippen LogP contribution < -0.4 is 10.2 Å². The molecule has 2 aliphatic heterocycles. The summed E-state index contributed by atoms with van der Waals surface area (Å²) in [6.07, 6.45) is 3.84. The van der Waals surface area contributed by atoms with E-state index >= 15 is 0 Å². The molecule has 4 nitrogen and oxygen atoms in total. The van der Waals surface area contributed by atoms with Crippen LogP contribution >= 0.6 is 0 Å². The monoisotopic (exact) mass is 348 g/mol. The molecule has 0 aromatic heterocycles. The second-order valence-corrected chi connectivity index (χ2v) is 7.79. The van der Waals surface area contributed by atoms with Crippen molar-refractivity contribution in [1.29, 1.82) is 0 Å². The SMILES string of the molecule is COC[C@H]1[C@@H](NC2CCN(c3ccc(F)cc3C)CC2)[C@H]2CCO[C@H]21. The maximum absolute atomic E-state index is 13.3. The Bertz CT molecular complexity index is 603.